The molecule has 1 atom stereocenters. The molecule has 0 spiro atoms. The molecule has 1 aromatic carbocycles. The van der Waals surface area contributed by atoms with Gasteiger partial charge in [-0.25, -0.2) is 4.79 Å². The van der Waals surface area contributed by atoms with Crippen LogP contribution in [0.25, 0.3) is 0 Å². The largest absolute Gasteiger partial charge is 0.478 e. The zero-order chi connectivity index (χ0) is 14.7. The van der Waals surface area contributed by atoms with Crippen LogP contribution in [0.2, 0.25) is 0 Å². The third kappa shape index (κ3) is 3.35. The molecule has 2 amide bonds. The Morgan fingerprint density at radius 1 is 1.45 bits per heavy atom. The normalized spacial score (nSPS) is 17.7. The maximum absolute atomic E-state index is 11.8. The Hall–Kier alpha value is -2.35. The van der Waals surface area contributed by atoms with Crippen molar-refractivity contribution in [3.8, 4) is 0 Å². The summed E-state index contributed by atoms with van der Waals surface area (Å²) in [6.07, 6.45) is -0.0732. The predicted molar refractivity (Wildman–Crippen MR) is 73.9 cm³/mol. The Bertz CT molecular complexity index is 602. The number of benzene rings is 1. The fourth-order valence-corrected chi connectivity index (χ4v) is 2.51. The van der Waals surface area contributed by atoms with Crippen LogP contribution >= 0.6 is 11.8 Å². The number of carbonyl (C=O) groups is 3. The molecule has 1 unspecified atom stereocenters. The zero-order valence-corrected chi connectivity index (χ0v) is 11.0. The van der Waals surface area contributed by atoms with E-state index in [1.54, 1.807) is 6.07 Å². The van der Waals surface area contributed by atoms with Crippen LogP contribution in [0.15, 0.2) is 24.3 Å². The van der Waals surface area contributed by atoms with Gasteiger partial charge in [-0.1, -0.05) is 17.8 Å². The maximum atomic E-state index is 11.8. The minimum atomic E-state index is -1.08. The molecule has 1 aromatic rings. The Labute approximate surface area is 118 Å². The van der Waals surface area contributed by atoms with Crippen molar-refractivity contribution in [3.05, 3.63) is 29.8 Å². The van der Waals surface area contributed by atoms with Crippen LogP contribution in [-0.2, 0) is 9.59 Å². The first-order valence-corrected chi connectivity index (χ1v) is 6.53. The molecule has 8 heteroatoms. The Balaban J connectivity index is 1.98. The second-order valence-corrected chi connectivity index (χ2v) is 5.28. The fourth-order valence-electron chi connectivity index (χ4n) is 1.66. The summed E-state index contributed by atoms with van der Waals surface area (Å²) in [6.45, 7) is 0. The van der Waals surface area contributed by atoms with Gasteiger partial charge in [-0.3, -0.25) is 15.0 Å². The summed E-state index contributed by atoms with van der Waals surface area (Å²) in [5, 5.41) is 20.4. The highest BCUT2D eigenvalue weighted by atomic mass is 32.2. The number of aromatic carboxylic acids is 1. The lowest BCUT2D eigenvalue weighted by Gasteiger charge is -2.08. The third-order valence-electron chi connectivity index (χ3n) is 2.55. The molecule has 0 aliphatic carbocycles. The molecular weight excluding hydrogens is 282 g/mol. The van der Waals surface area contributed by atoms with Gasteiger partial charge in [-0.15, -0.1) is 0 Å². The summed E-state index contributed by atoms with van der Waals surface area (Å²) in [4.78, 5) is 34.0. The second kappa shape index (κ2) is 5.74. The summed E-state index contributed by atoms with van der Waals surface area (Å²) in [5.41, 5.74) is 0.422. The van der Waals surface area contributed by atoms with Crippen LogP contribution < -0.4 is 10.6 Å². The van der Waals surface area contributed by atoms with Crippen molar-refractivity contribution in [2.45, 2.75) is 11.7 Å². The van der Waals surface area contributed by atoms with E-state index in [4.69, 9.17) is 10.5 Å². The quantitative estimate of drug-likeness (QED) is 0.657. The maximum Gasteiger partial charge on any atom is 0.335 e. The predicted octanol–water partition coefficient (Wildman–Crippen LogP) is 0.880. The van der Waals surface area contributed by atoms with Gasteiger partial charge in [-0.05, 0) is 18.2 Å². The van der Waals surface area contributed by atoms with Crippen molar-refractivity contribution >= 4 is 40.4 Å². The number of hydrogen-bond donors (Lipinski definition) is 4. The molecule has 7 nitrogen and oxygen atoms in total. The van der Waals surface area contributed by atoms with Crippen LogP contribution in [0, 0.1) is 5.41 Å². The number of amides is 2. The van der Waals surface area contributed by atoms with Crippen molar-refractivity contribution in [3.63, 3.8) is 0 Å². The van der Waals surface area contributed by atoms with E-state index in [0.717, 1.165) is 11.8 Å². The van der Waals surface area contributed by atoms with E-state index in [1.807, 2.05) is 0 Å². The molecule has 0 radical (unpaired) electrons. The number of nitrogens with one attached hydrogen (secondary N) is 3. The van der Waals surface area contributed by atoms with Crippen LogP contribution in [0.5, 0.6) is 0 Å². The summed E-state index contributed by atoms with van der Waals surface area (Å²) in [5.74, 6) is -1.86. The summed E-state index contributed by atoms with van der Waals surface area (Å²) < 4.78 is 0. The summed E-state index contributed by atoms with van der Waals surface area (Å²) >= 11 is 0.988. The monoisotopic (exact) mass is 293 g/mol. The molecule has 4 N–H and O–H groups in total. The van der Waals surface area contributed by atoms with Crippen molar-refractivity contribution in [2.24, 2.45) is 0 Å². The van der Waals surface area contributed by atoms with Crippen molar-refractivity contribution in [1.82, 2.24) is 5.32 Å². The minimum Gasteiger partial charge on any atom is -0.478 e. The van der Waals surface area contributed by atoms with E-state index < -0.39 is 17.1 Å². The van der Waals surface area contributed by atoms with Gasteiger partial charge < -0.3 is 15.7 Å². The molecule has 1 fully saturated rings. The molecule has 104 valence electrons. The lowest BCUT2D eigenvalue weighted by Crippen LogP contribution is -2.27. The van der Waals surface area contributed by atoms with Crippen LogP contribution in [0.4, 0.5) is 5.69 Å². The molecule has 2 rings (SSSR count). The highest BCUT2D eigenvalue weighted by molar-refractivity contribution is 8.15. The first-order chi connectivity index (χ1) is 9.45. The molecule has 1 saturated heterocycles. The lowest BCUT2D eigenvalue weighted by atomic mass is 10.2. The summed E-state index contributed by atoms with van der Waals surface area (Å²) in [6, 6.07) is 5.84. The van der Waals surface area contributed by atoms with E-state index in [2.05, 4.69) is 10.6 Å². The topological polar surface area (TPSA) is 119 Å². The average Bonchev–Trinajstić information content (AvgIpc) is 2.67. The first kappa shape index (κ1) is 14.1. The molecule has 1 aliphatic rings. The highest BCUT2D eigenvalue weighted by Gasteiger charge is 2.31. The standard InChI is InChI=1S/C12H11N3O4S/c13-12-15-10(17)8(20-12)5-9(16)14-7-3-1-2-6(4-7)11(18)19/h1-4,8H,5H2,(H,14,16)(H,18,19)(H2,13,15,17). The Morgan fingerprint density at radius 3 is 2.80 bits per heavy atom. The number of carboxylic acid groups (broad SMARTS) is 1. The third-order valence-corrected chi connectivity index (χ3v) is 3.56. The van der Waals surface area contributed by atoms with Gasteiger partial charge in [0.25, 0.3) is 0 Å². The van der Waals surface area contributed by atoms with Crippen LogP contribution in [0.3, 0.4) is 0 Å². The number of rotatable bonds is 4. The van der Waals surface area contributed by atoms with Crippen LogP contribution in [0.1, 0.15) is 16.8 Å². The minimum absolute atomic E-state index is 0.0284. The molecule has 1 heterocycles. The van der Waals surface area contributed by atoms with Gasteiger partial charge in [0.1, 0.15) is 5.25 Å². The van der Waals surface area contributed by atoms with E-state index in [0.29, 0.717) is 5.69 Å². The van der Waals surface area contributed by atoms with Crippen molar-refractivity contribution in [2.75, 3.05) is 5.32 Å². The van der Waals surface area contributed by atoms with E-state index in [-0.39, 0.29) is 23.1 Å². The summed E-state index contributed by atoms with van der Waals surface area (Å²) in [7, 11) is 0. The fraction of sp³-hybridized carbons (Fsp3) is 0.167. The number of thioether (sulfide) groups is 1. The average molecular weight is 293 g/mol. The lowest BCUT2D eigenvalue weighted by molar-refractivity contribution is -0.122. The molecule has 0 bridgehead atoms. The van der Waals surface area contributed by atoms with Crippen molar-refractivity contribution in [1.29, 1.82) is 5.41 Å². The molecule has 0 aromatic heterocycles. The second-order valence-electron chi connectivity index (χ2n) is 4.06. The Kier molecular flexibility index (Phi) is 4.04. The van der Waals surface area contributed by atoms with E-state index in [9.17, 15) is 14.4 Å². The van der Waals surface area contributed by atoms with E-state index in [1.165, 1.54) is 18.2 Å². The van der Waals surface area contributed by atoms with Gasteiger partial charge >= 0.3 is 5.97 Å². The Morgan fingerprint density at radius 2 is 2.20 bits per heavy atom. The number of carboxylic acids is 1. The van der Waals surface area contributed by atoms with Gasteiger partial charge in [0.15, 0.2) is 5.17 Å². The first-order valence-electron chi connectivity index (χ1n) is 5.65. The highest BCUT2D eigenvalue weighted by Crippen LogP contribution is 2.22. The number of anilines is 1. The number of hydrogen-bond acceptors (Lipinski definition) is 5. The molecule has 1 aliphatic heterocycles. The van der Waals surface area contributed by atoms with Gasteiger partial charge in [0, 0.05) is 12.1 Å². The van der Waals surface area contributed by atoms with E-state index >= 15 is 0 Å². The molecule has 20 heavy (non-hydrogen) atoms. The number of amidine groups is 1. The SMILES string of the molecule is N=C1NC(=O)C(CC(=O)Nc2cccc(C(=O)O)c2)S1. The van der Waals surface area contributed by atoms with Crippen LogP contribution in [-0.4, -0.2) is 33.3 Å². The van der Waals surface area contributed by atoms with Gasteiger partial charge in [0.2, 0.25) is 11.8 Å². The van der Waals surface area contributed by atoms with Crippen molar-refractivity contribution < 1.29 is 19.5 Å². The molecule has 0 saturated carbocycles. The zero-order valence-electron chi connectivity index (χ0n) is 10.2. The smallest absolute Gasteiger partial charge is 0.335 e. The van der Waals surface area contributed by atoms with Gasteiger partial charge in [-0.2, -0.15) is 0 Å². The van der Waals surface area contributed by atoms with Gasteiger partial charge in [0.05, 0.1) is 5.56 Å². The molecular formula is C12H11N3O4S. The number of carbonyl (C=O) groups excluding carboxylic acids is 2.